The molecule has 0 aliphatic carbocycles. The number of rotatable bonds is 5. The second-order valence-electron chi connectivity index (χ2n) is 4.20. The van der Waals surface area contributed by atoms with E-state index in [1.54, 1.807) is 24.3 Å². The minimum atomic E-state index is -1.01. The molecule has 0 saturated carbocycles. The van der Waals surface area contributed by atoms with Crippen LogP contribution in [0.3, 0.4) is 0 Å². The summed E-state index contributed by atoms with van der Waals surface area (Å²) >= 11 is 0. The standard InChI is InChI=1S/C13H14N4O3/c14-12(9-4-2-1-3-5-9)13(20)16-10-6-15-17(7-10)8-11(18)19/h1-7,12H,8,14H2,(H,16,20)(H,18,19)/t12-/m0/s1. The molecule has 0 unspecified atom stereocenters. The zero-order valence-corrected chi connectivity index (χ0v) is 10.6. The molecule has 7 nitrogen and oxygen atoms in total. The van der Waals surface area contributed by atoms with Crippen LogP contribution < -0.4 is 11.1 Å². The average molecular weight is 274 g/mol. The van der Waals surface area contributed by atoms with Crippen molar-refractivity contribution in [3.8, 4) is 0 Å². The Morgan fingerprint density at radius 1 is 1.35 bits per heavy atom. The Morgan fingerprint density at radius 3 is 2.70 bits per heavy atom. The number of carbonyl (C=O) groups is 2. The third kappa shape index (κ3) is 3.42. The summed E-state index contributed by atoms with van der Waals surface area (Å²) in [4.78, 5) is 22.5. The first kappa shape index (κ1) is 13.8. The van der Waals surface area contributed by atoms with Crippen LogP contribution in [0.1, 0.15) is 11.6 Å². The van der Waals surface area contributed by atoms with Crippen LogP contribution in [-0.2, 0) is 16.1 Å². The monoisotopic (exact) mass is 274 g/mol. The van der Waals surface area contributed by atoms with E-state index in [1.165, 1.54) is 17.1 Å². The Bertz CT molecular complexity index is 609. The van der Waals surface area contributed by atoms with Crippen LogP contribution in [0, 0.1) is 0 Å². The van der Waals surface area contributed by atoms with E-state index >= 15 is 0 Å². The van der Waals surface area contributed by atoms with Gasteiger partial charge < -0.3 is 16.2 Å². The fraction of sp³-hybridized carbons (Fsp3) is 0.154. The van der Waals surface area contributed by atoms with Crippen LogP contribution in [0.15, 0.2) is 42.7 Å². The number of amides is 1. The van der Waals surface area contributed by atoms with Gasteiger partial charge in [-0.3, -0.25) is 14.3 Å². The molecule has 0 saturated heterocycles. The van der Waals surface area contributed by atoms with Crippen molar-refractivity contribution in [2.75, 3.05) is 5.32 Å². The lowest BCUT2D eigenvalue weighted by Crippen LogP contribution is -2.27. The van der Waals surface area contributed by atoms with Crippen molar-refractivity contribution in [3.05, 3.63) is 48.3 Å². The van der Waals surface area contributed by atoms with Gasteiger partial charge in [0.1, 0.15) is 12.6 Å². The Labute approximate surface area is 115 Å². The fourth-order valence-electron chi connectivity index (χ4n) is 1.68. The molecule has 20 heavy (non-hydrogen) atoms. The predicted octanol–water partition coefficient (Wildman–Crippen LogP) is 0.606. The molecule has 1 aromatic heterocycles. The number of nitrogens with zero attached hydrogens (tertiary/aromatic N) is 2. The van der Waals surface area contributed by atoms with Crippen molar-refractivity contribution in [2.45, 2.75) is 12.6 Å². The van der Waals surface area contributed by atoms with Crippen LogP contribution in [0.5, 0.6) is 0 Å². The number of aliphatic carboxylic acids is 1. The highest BCUT2D eigenvalue weighted by Crippen LogP contribution is 2.13. The summed E-state index contributed by atoms with van der Waals surface area (Å²) in [6, 6.07) is 8.17. The van der Waals surface area contributed by atoms with Gasteiger partial charge in [0.2, 0.25) is 5.91 Å². The molecule has 1 aromatic carbocycles. The number of hydrogen-bond acceptors (Lipinski definition) is 4. The Hall–Kier alpha value is -2.67. The van der Waals surface area contributed by atoms with E-state index in [2.05, 4.69) is 10.4 Å². The number of anilines is 1. The van der Waals surface area contributed by atoms with Gasteiger partial charge in [-0.15, -0.1) is 0 Å². The lowest BCUT2D eigenvalue weighted by Gasteiger charge is -2.11. The molecular formula is C13H14N4O3. The molecule has 1 heterocycles. The van der Waals surface area contributed by atoms with Crippen molar-refractivity contribution >= 4 is 17.6 Å². The highest BCUT2D eigenvalue weighted by atomic mass is 16.4. The molecule has 0 radical (unpaired) electrons. The van der Waals surface area contributed by atoms with Gasteiger partial charge >= 0.3 is 5.97 Å². The maximum absolute atomic E-state index is 12.0. The topological polar surface area (TPSA) is 110 Å². The number of nitrogens with two attached hydrogens (primary N) is 1. The van der Waals surface area contributed by atoms with E-state index in [0.29, 0.717) is 11.3 Å². The lowest BCUT2D eigenvalue weighted by atomic mass is 10.1. The predicted molar refractivity (Wildman–Crippen MR) is 71.9 cm³/mol. The number of carboxylic acid groups (broad SMARTS) is 1. The number of carboxylic acids is 1. The molecule has 7 heteroatoms. The van der Waals surface area contributed by atoms with E-state index < -0.39 is 12.0 Å². The molecule has 0 aliphatic rings. The summed E-state index contributed by atoms with van der Waals surface area (Å²) in [7, 11) is 0. The minimum absolute atomic E-state index is 0.263. The largest absolute Gasteiger partial charge is 0.480 e. The number of carbonyl (C=O) groups excluding carboxylic acids is 1. The van der Waals surface area contributed by atoms with E-state index in [0.717, 1.165) is 0 Å². The molecule has 4 N–H and O–H groups in total. The highest BCUT2D eigenvalue weighted by molar-refractivity contribution is 5.95. The summed E-state index contributed by atoms with van der Waals surface area (Å²) in [5.74, 6) is -1.39. The van der Waals surface area contributed by atoms with Crippen LogP contribution >= 0.6 is 0 Å². The minimum Gasteiger partial charge on any atom is -0.480 e. The van der Waals surface area contributed by atoms with Gasteiger partial charge in [0.05, 0.1) is 11.9 Å². The molecule has 0 fully saturated rings. The number of hydrogen-bond donors (Lipinski definition) is 3. The molecule has 2 aromatic rings. The van der Waals surface area contributed by atoms with Crippen LogP contribution in [0.25, 0.3) is 0 Å². The molecular weight excluding hydrogens is 260 g/mol. The van der Waals surface area contributed by atoms with Gasteiger partial charge in [-0.05, 0) is 5.56 Å². The summed E-state index contributed by atoms with van der Waals surface area (Å²) < 4.78 is 1.21. The summed E-state index contributed by atoms with van der Waals surface area (Å²) in [6.45, 7) is -0.263. The Morgan fingerprint density at radius 2 is 2.05 bits per heavy atom. The average Bonchev–Trinajstić information content (AvgIpc) is 2.85. The van der Waals surface area contributed by atoms with E-state index in [1.807, 2.05) is 6.07 Å². The second kappa shape index (κ2) is 5.98. The van der Waals surface area contributed by atoms with E-state index in [-0.39, 0.29) is 12.5 Å². The quantitative estimate of drug-likeness (QED) is 0.739. The van der Waals surface area contributed by atoms with E-state index in [4.69, 9.17) is 10.8 Å². The fourth-order valence-corrected chi connectivity index (χ4v) is 1.68. The molecule has 0 aliphatic heterocycles. The van der Waals surface area contributed by atoms with Gasteiger partial charge in [-0.1, -0.05) is 30.3 Å². The SMILES string of the molecule is N[C@H](C(=O)Nc1cnn(CC(=O)O)c1)c1ccccc1. The van der Waals surface area contributed by atoms with Crippen molar-refractivity contribution in [3.63, 3.8) is 0 Å². The van der Waals surface area contributed by atoms with Gasteiger partial charge in [0.25, 0.3) is 0 Å². The van der Waals surface area contributed by atoms with Crippen molar-refractivity contribution in [2.24, 2.45) is 5.73 Å². The molecule has 0 spiro atoms. The first-order valence-electron chi connectivity index (χ1n) is 5.92. The van der Waals surface area contributed by atoms with Gasteiger partial charge in [-0.25, -0.2) is 0 Å². The summed E-state index contributed by atoms with van der Waals surface area (Å²) in [6.07, 6.45) is 2.81. The highest BCUT2D eigenvalue weighted by Gasteiger charge is 2.16. The smallest absolute Gasteiger partial charge is 0.325 e. The lowest BCUT2D eigenvalue weighted by molar-refractivity contribution is -0.137. The third-order valence-corrected chi connectivity index (χ3v) is 2.64. The van der Waals surface area contributed by atoms with Crippen LogP contribution in [0.2, 0.25) is 0 Å². The summed E-state index contributed by atoms with van der Waals surface area (Å²) in [5, 5.41) is 15.0. The van der Waals surface area contributed by atoms with Gasteiger partial charge in [0.15, 0.2) is 0 Å². The van der Waals surface area contributed by atoms with Crippen LogP contribution in [-0.4, -0.2) is 26.8 Å². The number of aromatic nitrogens is 2. The van der Waals surface area contributed by atoms with Gasteiger partial charge in [0, 0.05) is 6.20 Å². The summed E-state index contributed by atoms with van der Waals surface area (Å²) in [5.41, 5.74) is 6.94. The zero-order chi connectivity index (χ0) is 14.5. The molecule has 1 amide bonds. The molecule has 104 valence electrons. The normalized spacial score (nSPS) is 11.8. The number of benzene rings is 1. The number of nitrogens with one attached hydrogen (secondary N) is 1. The Balaban J connectivity index is 2.01. The molecule has 0 bridgehead atoms. The molecule has 1 atom stereocenters. The maximum atomic E-state index is 12.0. The Kier molecular flexibility index (Phi) is 4.11. The molecule has 2 rings (SSSR count). The third-order valence-electron chi connectivity index (χ3n) is 2.64. The van der Waals surface area contributed by atoms with Crippen molar-refractivity contribution < 1.29 is 14.7 Å². The van der Waals surface area contributed by atoms with Gasteiger partial charge in [-0.2, -0.15) is 5.10 Å². The van der Waals surface area contributed by atoms with Crippen molar-refractivity contribution in [1.29, 1.82) is 0 Å². The first-order chi connectivity index (χ1) is 9.56. The second-order valence-corrected chi connectivity index (χ2v) is 4.20. The van der Waals surface area contributed by atoms with Crippen LogP contribution in [0.4, 0.5) is 5.69 Å². The maximum Gasteiger partial charge on any atom is 0.325 e. The van der Waals surface area contributed by atoms with E-state index in [9.17, 15) is 9.59 Å². The first-order valence-corrected chi connectivity index (χ1v) is 5.92. The van der Waals surface area contributed by atoms with Crippen molar-refractivity contribution in [1.82, 2.24) is 9.78 Å². The zero-order valence-electron chi connectivity index (χ0n) is 10.6.